The van der Waals surface area contributed by atoms with E-state index in [4.69, 9.17) is 11.2 Å². The highest BCUT2D eigenvalue weighted by molar-refractivity contribution is 5.93. The van der Waals surface area contributed by atoms with Crippen LogP contribution in [0.4, 0.5) is 4.79 Å². The van der Waals surface area contributed by atoms with E-state index in [9.17, 15) is 14.4 Å². The SMILES string of the molecule is C#CN(C(=O)C(Cc1ccccc1)NC(=O)OC(C)(C)C)C(C(=O)NC(C)CCC)c1cc(C)cc(C)c1. The zero-order chi connectivity index (χ0) is 28.5. The molecule has 0 fully saturated rings. The highest BCUT2D eigenvalue weighted by atomic mass is 16.6. The molecule has 0 saturated heterocycles. The van der Waals surface area contributed by atoms with Gasteiger partial charge in [-0.05, 0) is 59.1 Å². The first-order chi connectivity index (χ1) is 17.8. The van der Waals surface area contributed by atoms with Crippen molar-refractivity contribution in [2.75, 3.05) is 0 Å². The summed E-state index contributed by atoms with van der Waals surface area (Å²) >= 11 is 0. The molecule has 0 aliphatic carbocycles. The molecule has 0 radical (unpaired) electrons. The quantitative estimate of drug-likeness (QED) is 0.333. The van der Waals surface area contributed by atoms with Gasteiger partial charge in [-0.2, -0.15) is 0 Å². The summed E-state index contributed by atoms with van der Waals surface area (Å²) in [5.41, 5.74) is 2.55. The fourth-order valence-corrected chi connectivity index (χ4v) is 4.35. The molecule has 3 amide bonds. The van der Waals surface area contributed by atoms with Crippen molar-refractivity contribution in [3.05, 3.63) is 70.8 Å². The molecule has 38 heavy (non-hydrogen) atoms. The number of carbonyl (C=O) groups excluding carboxylic acids is 3. The van der Waals surface area contributed by atoms with E-state index in [2.05, 4.69) is 16.7 Å². The molecule has 2 N–H and O–H groups in total. The first-order valence-corrected chi connectivity index (χ1v) is 13.1. The minimum Gasteiger partial charge on any atom is -0.444 e. The monoisotopic (exact) mass is 519 g/mol. The number of hydrogen-bond donors (Lipinski definition) is 2. The number of aryl methyl sites for hydroxylation is 2. The molecule has 2 aromatic carbocycles. The Kier molecular flexibility index (Phi) is 10.9. The Bertz CT molecular complexity index is 1130. The van der Waals surface area contributed by atoms with Crippen LogP contribution in [-0.2, 0) is 20.7 Å². The van der Waals surface area contributed by atoms with E-state index in [0.717, 1.165) is 34.4 Å². The second kappa shape index (κ2) is 13.7. The lowest BCUT2D eigenvalue weighted by atomic mass is 9.97. The average Bonchev–Trinajstić information content (AvgIpc) is 2.80. The van der Waals surface area contributed by atoms with Crippen molar-refractivity contribution in [2.24, 2.45) is 0 Å². The van der Waals surface area contributed by atoms with Gasteiger partial charge in [0.15, 0.2) is 0 Å². The Balaban J connectivity index is 2.51. The zero-order valence-electron chi connectivity index (χ0n) is 23.6. The number of carbonyl (C=O) groups is 3. The number of hydrogen-bond acceptors (Lipinski definition) is 4. The zero-order valence-corrected chi connectivity index (χ0v) is 23.6. The van der Waals surface area contributed by atoms with Crippen LogP contribution in [0.25, 0.3) is 0 Å². The molecule has 7 heteroatoms. The molecule has 2 aromatic rings. The van der Waals surface area contributed by atoms with Gasteiger partial charge in [-0.1, -0.05) is 79.4 Å². The van der Waals surface area contributed by atoms with Gasteiger partial charge in [0.1, 0.15) is 17.7 Å². The van der Waals surface area contributed by atoms with Gasteiger partial charge in [0.05, 0.1) is 0 Å². The largest absolute Gasteiger partial charge is 0.444 e. The molecule has 0 aliphatic rings. The summed E-state index contributed by atoms with van der Waals surface area (Å²) < 4.78 is 5.42. The fraction of sp³-hybridized carbons (Fsp3) is 0.452. The summed E-state index contributed by atoms with van der Waals surface area (Å²) in [5, 5.41) is 5.69. The lowest BCUT2D eigenvalue weighted by Crippen LogP contribution is -2.53. The number of benzene rings is 2. The molecule has 2 rings (SSSR count). The maximum absolute atomic E-state index is 14.0. The van der Waals surface area contributed by atoms with Crippen molar-refractivity contribution < 1.29 is 19.1 Å². The summed E-state index contributed by atoms with van der Waals surface area (Å²) in [5.74, 6) is -0.956. The number of alkyl carbamates (subject to hydrolysis) is 1. The first kappa shape index (κ1) is 30.4. The Morgan fingerprint density at radius 1 is 1.03 bits per heavy atom. The van der Waals surface area contributed by atoms with Gasteiger partial charge < -0.3 is 15.4 Å². The maximum Gasteiger partial charge on any atom is 0.408 e. The van der Waals surface area contributed by atoms with Crippen LogP contribution in [0.3, 0.4) is 0 Å². The Morgan fingerprint density at radius 3 is 2.16 bits per heavy atom. The van der Waals surface area contributed by atoms with Gasteiger partial charge in [0.25, 0.3) is 5.91 Å². The number of amides is 3. The van der Waals surface area contributed by atoms with Crippen molar-refractivity contribution in [1.82, 2.24) is 15.5 Å². The minimum atomic E-state index is -1.08. The number of nitrogens with one attached hydrogen (secondary N) is 2. The molecular formula is C31H41N3O4. The summed E-state index contributed by atoms with van der Waals surface area (Å²) in [4.78, 5) is 41.5. The van der Waals surface area contributed by atoms with Gasteiger partial charge in [0, 0.05) is 18.5 Å². The summed E-state index contributed by atoms with van der Waals surface area (Å²) in [6, 6.07) is 15.2. The van der Waals surface area contributed by atoms with Crippen molar-refractivity contribution in [2.45, 2.75) is 91.5 Å². The van der Waals surface area contributed by atoms with Crippen molar-refractivity contribution in [1.29, 1.82) is 0 Å². The normalized spacial score (nSPS) is 13.4. The molecule has 3 atom stereocenters. The molecule has 0 aliphatic heterocycles. The van der Waals surface area contributed by atoms with E-state index in [-0.39, 0.29) is 18.4 Å². The van der Waals surface area contributed by atoms with E-state index >= 15 is 0 Å². The number of rotatable bonds is 10. The van der Waals surface area contributed by atoms with Crippen LogP contribution in [0.15, 0.2) is 48.5 Å². The van der Waals surface area contributed by atoms with Gasteiger partial charge in [0.2, 0.25) is 5.91 Å². The lowest BCUT2D eigenvalue weighted by molar-refractivity contribution is -0.138. The minimum absolute atomic E-state index is 0.101. The van der Waals surface area contributed by atoms with Crippen LogP contribution in [0, 0.1) is 26.3 Å². The molecular weight excluding hydrogens is 478 g/mol. The van der Waals surface area contributed by atoms with Crippen LogP contribution in [0.2, 0.25) is 0 Å². The third-order valence-corrected chi connectivity index (χ3v) is 5.82. The third kappa shape index (κ3) is 9.26. The number of terminal acetylenes is 1. The highest BCUT2D eigenvalue weighted by Crippen LogP contribution is 2.25. The molecule has 0 saturated carbocycles. The average molecular weight is 520 g/mol. The molecule has 7 nitrogen and oxygen atoms in total. The van der Waals surface area contributed by atoms with Gasteiger partial charge in [-0.25, -0.2) is 4.79 Å². The predicted octanol–water partition coefficient (Wildman–Crippen LogP) is 5.20. The molecule has 0 bridgehead atoms. The van der Waals surface area contributed by atoms with E-state index in [1.165, 1.54) is 0 Å². The van der Waals surface area contributed by atoms with E-state index in [0.29, 0.717) is 5.56 Å². The van der Waals surface area contributed by atoms with Crippen LogP contribution in [-0.4, -0.2) is 40.5 Å². The second-order valence-electron chi connectivity index (χ2n) is 10.7. The fourth-order valence-electron chi connectivity index (χ4n) is 4.35. The Morgan fingerprint density at radius 2 is 1.63 bits per heavy atom. The summed E-state index contributed by atoms with van der Waals surface area (Å²) in [7, 11) is 0. The van der Waals surface area contributed by atoms with Crippen molar-refractivity contribution in [3.8, 4) is 12.5 Å². The predicted molar refractivity (Wildman–Crippen MR) is 150 cm³/mol. The maximum atomic E-state index is 14.0. The topological polar surface area (TPSA) is 87.7 Å². The number of nitrogens with zero attached hydrogens (tertiary/aromatic N) is 1. The van der Waals surface area contributed by atoms with E-state index in [1.54, 1.807) is 20.8 Å². The molecule has 0 heterocycles. The van der Waals surface area contributed by atoms with Gasteiger partial charge in [-0.15, -0.1) is 0 Å². The van der Waals surface area contributed by atoms with Crippen molar-refractivity contribution >= 4 is 17.9 Å². The van der Waals surface area contributed by atoms with Crippen molar-refractivity contribution in [3.63, 3.8) is 0 Å². The van der Waals surface area contributed by atoms with Crippen LogP contribution in [0.5, 0.6) is 0 Å². The summed E-state index contributed by atoms with van der Waals surface area (Å²) in [6.07, 6.45) is 7.02. The van der Waals surface area contributed by atoms with E-state index in [1.807, 2.05) is 76.2 Å². The smallest absolute Gasteiger partial charge is 0.408 e. The molecule has 3 unspecified atom stereocenters. The summed E-state index contributed by atoms with van der Waals surface area (Å²) in [6.45, 7) is 13.0. The molecule has 0 aromatic heterocycles. The van der Waals surface area contributed by atoms with Gasteiger partial charge in [-0.3, -0.25) is 14.5 Å². The van der Waals surface area contributed by atoms with Gasteiger partial charge >= 0.3 is 6.09 Å². The third-order valence-electron chi connectivity index (χ3n) is 5.82. The Labute approximate surface area is 227 Å². The lowest BCUT2D eigenvalue weighted by Gasteiger charge is -2.31. The van der Waals surface area contributed by atoms with Crippen LogP contribution < -0.4 is 10.6 Å². The highest BCUT2D eigenvalue weighted by Gasteiger charge is 2.36. The number of ether oxygens (including phenoxy) is 1. The Hall–Kier alpha value is -3.79. The first-order valence-electron chi connectivity index (χ1n) is 13.1. The molecule has 0 spiro atoms. The van der Waals surface area contributed by atoms with E-state index < -0.39 is 29.7 Å². The van der Waals surface area contributed by atoms with Crippen LogP contribution >= 0.6 is 0 Å². The standard InChI is InChI=1S/C31H41N3O4/c1-9-14-23(5)32-28(35)27(25-18-21(3)17-22(4)19-25)34(10-2)29(36)26(20-24-15-12-11-13-16-24)33-30(37)38-31(6,7)8/h2,11-13,15-19,23,26-27H,9,14,20H2,1,3-8H3,(H,32,35)(H,33,37). The molecule has 204 valence electrons. The van der Waals surface area contributed by atoms with Crippen LogP contribution in [0.1, 0.15) is 75.8 Å². The second-order valence-corrected chi connectivity index (χ2v) is 10.7.